The Balaban J connectivity index is 0.00000147. The van der Waals surface area contributed by atoms with E-state index in [2.05, 4.69) is 16.7 Å². The van der Waals surface area contributed by atoms with Crippen LogP contribution in [-0.4, -0.2) is 31.6 Å². The van der Waals surface area contributed by atoms with Gasteiger partial charge in [-0.25, -0.2) is 0 Å². The number of para-hydroxylation sites is 1. The molecule has 2 atom stereocenters. The summed E-state index contributed by atoms with van der Waals surface area (Å²) in [5, 5.41) is 6.33. The Morgan fingerprint density at radius 1 is 1.40 bits per heavy atom. The van der Waals surface area contributed by atoms with Crippen LogP contribution in [0.4, 0.5) is 0 Å². The Kier molecular flexibility index (Phi) is 4.89. The standard InChI is InChI=1S/C15H20N2O2.ClH/c1-10(12-7-16-8-12)15(18)17-13-6-11-4-2-3-5-14(11)19-9-13;/h2-5,10,12-13,16H,6-9H2,1H3,(H,17,18);1H. The van der Waals surface area contributed by atoms with E-state index in [1.165, 1.54) is 5.56 Å². The van der Waals surface area contributed by atoms with E-state index >= 15 is 0 Å². The van der Waals surface area contributed by atoms with Gasteiger partial charge in [0.05, 0.1) is 6.04 Å². The van der Waals surface area contributed by atoms with Gasteiger partial charge in [-0.2, -0.15) is 0 Å². The van der Waals surface area contributed by atoms with Crippen LogP contribution in [0.15, 0.2) is 24.3 Å². The van der Waals surface area contributed by atoms with E-state index in [9.17, 15) is 4.79 Å². The fourth-order valence-corrected chi connectivity index (χ4v) is 2.63. The van der Waals surface area contributed by atoms with Gasteiger partial charge in [0, 0.05) is 5.92 Å². The van der Waals surface area contributed by atoms with E-state index in [1.54, 1.807) is 0 Å². The van der Waals surface area contributed by atoms with E-state index in [0.29, 0.717) is 12.5 Å². The first kappa shape index (κ1) is 15.1. The molecule has 2 aliphatic rings. The number of ether oxygens (including phenoxy) is 1. The van der Waals surface area contributed by atoms with Gasteiger partial charge >= 0.3 is 0 Å². The molecule has 0 saturated carbocycles. The van der Waals surface area contributed by atoms with Crippen molar-refractivity contribution in [2.45, 2.75) is 19.4 Å². The Labute approximate surface area is 125 Å². The fraction of sp³-hybridized carbons (Fsp3) is 0.533. The zero-order chi connectivity index (χ0) is 13.2. The zero-order valence-corrected chi connectivity index (χ0v) is 12.4. The Bertz CT molecular complexity index is 477. The summed E-state index contributed by atoms with van der Waals surface area (Å²) >= 11 is 0. The SMILES string of the molecule is CC(C(=O)NC1COc2ccccc2C1)C1CNC1.Cl. The Hall–Kier alpha value is -1.26. The molecule has 1 aromatic carbocycles. The lowest BCUT2D eigenvalue weighted by atomic mass is 9.88. The predicted octanol–water partition coefficient (Wildman–Crippen LogP) is 1.38. The highest BCUT2D eigenvalue weighted by Gasteiger charge is 2.30. The highest BCUT2D eigenvalue weighted by Crippen LogP contribution is 2.24. The molecule has 5 heteroatoms. The van der Waals surface area contributed by atoms with Crippen molar-refractivity contribution in [1.29, 1.82) is 0 Å². The number of nitrogens with one attached hydrogen (secondary N) is 2. The number of rotatable bonds is 3. The molecule has 0 aromatic heterocycles. The summed E-state index contributed by atoms with van der Waals surface area (Å²) in [5.41, 5.74) is 1.18. The highest BCUT2D eigenvalue weighted by atomic mass is 35.5. The van der Waals surface area contributed by atoms with Gasteiger partial charge in [-0.15, -0.1) is 12.4 Å². The zero-order valence-electron chi connectivity index (χ0n) is 11.6. The van der Waals surface area contributed by atoms with Gasteiger partial charge in [-0.05, 0) is 37.1 Å². The first-order valence-electron chi connectivity index (χ1n) is 6.96. The van der Waals surface area contributed by atoms with Crippen molar-refractivity contribution in [2.75, 3.05) is 19.7 Å². The maximum absolute atomic E-state index is 12.2. The molecular weight excluding hydrogens is 276 g/mol. The van der Waals surface area contributed by atoms with Crippen LogP contribution in [0.5, 0.6) is 5.75 Å². The number of fused-ring (bicyclic) bond motifs is 1. The number of amides is 1. The topological polar surface area (TPSA) is 50.4 Å². The molecule has 4 nitrogen and oxygen atoms in total. The first-order valence-corrected chi connectivity index (χ1v) is 6.96. The molecule has 3 rings (SSSR count). The maximum atomic E-state index is 12.2. The average Bonchev–Trinajstić information content (AvgIpc) is 2.36. The molecule has 0 aliphatic carbocycles. The van der Waals surface area contributed by atoms with Crippen LogP contribution in [0.1, 0.15) is 12.5 Å². The van der Waals surface area contributed by atoms with E-state index < -0.39 is 0 Å². The summed E-state index contributed by atoms with van der Waals surface area (Å²) in [4.78, 5) is 12.2. The van der Waals surface area contributed by atoms with E-state index in [1.807, 2.05) is 25.1 Å². The Morgan fingerprint density at radius 3 is 2.85 bits per heavy atom. The van der Waals surface area contributed by atoms with Crippen molar-refractivity contribution in [3.8, 4) is 5.75 Å². The van der Waals surface area contributed by atoms with Crippen molar-refractivity contribution in [3.63, 3.8) is 0 Å². The molecular formula is C15H21ClN2O2. The molecule has 0 spiro atoms. The van der Waals surface area contributed by atoms with Crippen LogP contribution in [0.3, 0.4) is 0 Å². The molecule has 20 heavy (non-hydrogen) atoms. The van der Waals surface area contributed by atoms with Crippen LogP contribution in [0, 0.1) is 11.8 Å². The molecule has 2 aliphatic heterocycles. The molecule has 1 aromatic rings. The predicted molar refractivity (Wildman–Crippen MR) is 80.3 cm³/mol. The lowest BCUT2D eigenvalue weighted by Gasteiger charge is -2.33. The van der Waals surface area contributed by atoms with Gasteiger partial charge in [-0.1, -0.05) is 25.1 Å². The fourth-order valence-electron chi connectivity index (χ4n) is 2.63. The van der Waals surface area contributed by atoms with Gasteiger partial charge in [-0.3, -0.25) is 4.79 Å². The van der Waals surface area contributed by atoms with E-state index in [0.717, 1.165) is 25.3 Å². The summed E-state index contributed by atoms with van der Waals surface area (Å²) < 4.78 is 5.69. The quantitative estimate of drug-likeness (QED) is 0.886. The normalized spacial score (nSPS) is 22.6. The van der Waals surface area contributed by atoms with Crippen LogP contribution in [0.25, 0.3) is 0 Å². The van der Waals surface area contributed by atoms with Crippen molar-refractivity contribution < 1.29 is 9.53 Å². The van der Waals surface area contributed by atoms with Crippen LogP contribution < -0.4 is 15.4 Å². The summed E-state index contributed by atoms with van der Waals surface area (Å²) in [5.74, 6) is 1.67. The van der Waals surface area contributed by atoms with Crippen LogP contribution in [-0.2, 0) is 11.2 Å². The second-order valence-corrected chi connectivity index (χ2v) is 5.54. The Morgan fingerprint density at radius 2 is 2.15 bits per heavy atom. The molecule has 1 amide bonds. The lowest BCUT2D eigenvalue weighted by molar-refractivity contribution is -0.127. The first-order chi connectivity index (χ1) is 9.24. The minimum Gasteiger partial charge on any atom is -0.491 e. The van der Waals surface area contributed by atoms with Gasteiger partial charge in [0.25, 0.3) is 0 Å². The van der Waals surface area contributed by atoms with Crippen molar-refractivity contribution >= 4 is 18.3 Å². The second-order valence-electron chi connectivity index (χ2n) is 5.54. The summed E-state index contributed by atoms with van der Waals surface area (Å²) in [6, 6.07) is 8.12. The minimum absolute atomic E-state index is 0. The third-order valence-electron chi connectivity index (χ3n) is 4.16. The smallest absolute Gasteiger partial charge is 0.223 e. The molecule has 110 valence electrons. The summed E-state index contributed by atoms with van der Waals surface area (Å²) in [6.45, 7) is 4.49. The number of carbonyl (C=O) groups is 1. The molecule has 0 bridgehead atoms. The van der Waals surface area contributed by atoms with Gasteiger partial charge in [0.15, 0.2) is 0 Å². The molecule has 0 radical (unpaired) electrons. The highest BCUT2D eigenvalue weighted by molar-refractivity contribution is 5.85. The number of benzene rings is 1. The van der Waals surface area contributed by atoms with Crippen LogP contribution >= 0.6 is 12.4 Å². The third kappa shape index (κ3) is 3.07. The summed E-state index contributed by atoms with van der Waals surface area (Å²) in [6.07, 6.45) is 0.859. The number of halogens is 1. The molecule has 2 unspecified atom stereocenters. The van der Waals surface area contributed by atoms with E-state index in [4.69, 9.17) is 4.74 Å². The number of hydrogen-bond donors (Lipinski definition) is 2. The third-order valence-corrected chi connectivity index (χ3v) is 4.16. The molecule has 1 fully saturated rings. The maximum Gasteiger partial charge on any atom is 0.223 e. The largest absolute Gasteiger partial charge is 0.491 e. The van der Waals surface area contributed by atoms with Crippen molar-refractivity contribution in [1.82, 2.24) is 10.6 Å². The van der Waals surface area contributed by atoms with Gasteiger partial charge in [0.2, 0.25) is 5.91 Å². The minimum atomic E-state index is 0. The van der Waals surface area contributed by atoms with Crippen molar-refractivity contribution in [2.24, 2.45) is 11.8 Å². The summed E-state index contributed by atoms with van der Waals surface area (Å²) in [7, 11) is 0. The lowest BCUT2D eigenvalue weighted by Crippen LogP contribution is -2.52. The average molecular weight is 297 g/mol. The molecule has 2 N–H and O–H groups in total. The molecule has 2 heterocycles. The number of carbonyl (C=O) groups excluding carboxylic acids is 1. The van der Waals surface area contributed by atoms with Crippen LogP contribution in [0.2, 0.25) is 0 Å². The van der Waals surface area contributed by atoms with E-state index in [-0.39, 0.29) is 30.3 Å². The molecule has 1 saturated heterocycles. The second kappa shape index (κ2) is 6.46. The monoisotopic (exact) mass is 296 g/mol. The van der Waals surface area contributed by atoms with Crippen molar-refractivity contribution in [3.05, 3.63) is 29.8 Å². The van der Waals surface area contributed by atoms with Gasteiger partial charge in [0.1, 0.15) is 12.4 Å². The number of hydrogen-bond acceptors (Lipinski definition) is 3. The van der Waals surface area contributed by atoms with Gasteiger partial charge < -0.3 is 15.4 Å².